The van der Waals surface area contributed by atoms with E-state index in [0.717, 1.165) is 25.8 Å². The molecule has 2 amide bonds. The van der Waals surface area contributed by atoms with E-state index in [2.05, 4.69) is 20.4 Å². The molecule has 1 saturated heterocycles. The van der Waals surface area contributed by atoms with E-state index in [1.807, 2.05) is 0 Å². The molecule has 22 heavy (non-hydrogen) atoms. The number of likely N-dealkylation sites (tertiary alicyclic amines) is 1. The van der Waals surface area contributed by atoms with Gasteiger partial charge in [0.05, 0.1) is 12.8 Å². The van der Waals surface area contributed by atoms with E-state index in [0.29, 0.717) is 30.6 Å². The molecule has 3 heterocycles. The fourth-order valence-corrected chi connectivity index (χ4v) is 2.72. The van der Waals surface area contributed by atoms with Crippen molar-refractivity contribution in [3.05, 3.63) is 24.3 Å². The zero-order chi connectivity index (χ0) is 15.4. The van der Waals surface area contributed by atoms with Gasteiger partial charge < -0.3 is 20.0 Å². The van der Waals surface area contributed by atoms with Gasteiger partial charge in [-0.1, -0.05) is 11.6 Å². The zero-order valence-corrected chi connectivity index (χ0v) is 12.2. The van der Waals surface area contributed by atoms with Crippen LogP contribution in [-0.2, 0) is 6.54 Å². The zero-order valence-electron chi connectivity index (χ0n) is 12.2. The maximum absolute atomic E-state index is 10.9. The molecule has 8 heteroatoms. The van der Waals surface area contributed by atoms with E-state index in [-0.39, 0.29) is 6.04 Å². The largest absolute Gasteiger partial charge is 0.461 e. The van der Waals surface area contributed by atoms with Crippen LogP contribution in [-0.4, -0.2) is 40.2 Å². The van der Waals surface area contributed by atoms with Crippen molar-refractivity contribution in [1.29, 1.82) is 0 Å². The smallest absolute Gasteiger partial charge is 0.312 e. The van der Waals surface area contributed by atoms with Crippen molar-refractivity contribution in [2.45, 2.75) is 31.8 Å². The van der Waals surface area contributed by atoms with E-state index in [1.165, 1.54) is 0 Å². The quantitative estimate of drug-likeness (QED) is 0.862. The summed E-state index contributed by atoms with van der Waals surface area (Å²) in [5.74, 6) is 1.57. The third-order valence-corrected chi connectivity index (χ3v) is 3.81. The van der Waals surface area contributed by atoms with E-state index >= 15 is 0 Å². The number of primary amides is 1. The molecule has 0 saturated carbocycles. The van der Waals surface area contributed by atoms with Crippen molar-refractivity contribution in [2.75, 3.05) is 13.1 Å². The van der Waals surface area contributed by atoms with Gasteiger partial charge in [0.15, 0.2) is 5.76 Å². The van der Waals surface area contributed by atoms with Gasteiger partial charge in [-0.15, -0.1) is 0 Å². The van der Waals surface area contributed by atoms with Crippen molar-refractivity contribution >= 4 is 6.03 Å². The number of amides is 2. The van der Waals surface area contributed by atoms with Crippen LogP contribution in [0.4, 0.5) is 4.79 Å². The molecule has 0 aliphatic carbocycles. The number of furan rings is 1. The van der Waals surface area contributed by atoms with Gasteiger partial charge in [0.2, 0.25) is 11.7 Å². The molecular weight excluding hydrogens is 286 g/mol. The van der Waals surface area contributed by atoms with Gasteiger partial charge >= 0.3 is 6.03 Å². The second kappa shape index (κ2) is 6.61. The van der Waals surface area contributed by atoms with Gasteiger partial charge in [-0.3, -0.25) is 4.90 Å². The standard InChI is InChI=1S/C14H19N5O3/c15-14(20)16-8-10-4-1-2-6-19(10)9-12-17-13(18-22-12)11-5-3-7-21-11/h3,5,7,10H,1-2,4,6,8-9H2,(H3,15,16,20)/t10-/m0/s1. The third-order valence-electron chi connectivity index (χ3n) is 3.81. The number of piperidine rings is 1. The van der Waals surface area contributed by atoms with Crippen molar-refractivity contribution in [1.82, 2.24) is 20.4 Å². The van der Waals surface area contributed by atoms with E-state index in [1.54, 1.807) is 18.4 Å². The molecule has 8 nitrogen and oxygen atoms in total. The first-order valence-corrected chi connectivity index (χ1v) is 7.36. The number of nitrogens with zero attached hydrogens (tertiary/aromatic N) is 3. The van der Waals surface area contributed by atoms with E-state index in [9.17, 15) is 4.79 Å². The van der Waals surface area contributed by atoms with Crippen LogP contribution >= 0.6 is 0 Å². The van der Waals surface area contributed by atoms with Crippen LogP contribution in [0.1, 0.15) is 25.2 Å². The number of nitrogens with two attached hydrogens (primary N) is 1. The predicted octanol–water partition coefficient (Wildman–Crippen LogP) is 1.35. The lowest BCUT2D eigenvalue weighted by atomic mass is 10.0. The number of carbonyl (C=O) groups is 1. The Kier molecular flexibility index (Phi) is 4.38. The molecule has 0 unspecified atom stereocenters. The molecule has 1 fully saturated rings. The van der Waals surface area contributed by atoms with Crippen LogP contribution in [0.2, 0.25) is 0 Å². The monoisotopic (exact) mass is 305 g/mol. The molecule has 0 radical (unpaired) electrons. The predicted molar refractivity (Wildman–Crippen MR) is 77.6 cm³/mol. The van der Waals surface area contributed by atoms with Gasteiger partial charge in [-0.2, -0.15) is 4.98 Å². The molecule has 2 aromatic rings. The Labute approximate surface area is 127 Å². The highest BCUT2D eigenvalue weighted by Gasteiger charge is 2.24. The molecule has 3 N–H and O–H groups in total. The van der Waals surface area contributed by atoms with Crippen LogP contribution in [0.3, 0.4) is 0 Å². The Morgan fingerprint density at radius 2 is 2.41 bits per heavy atom. The van der Waals surface area contributed by atoms with Gasteiger partial charge in [-0.25, -0.2) is 4.79 Å². The Morgan fingerprint density at radius 3 is 3.18 bits per heavy atom. The summed E-state index contributed by atoms with van der Waals surface area (Å²) >= 11 is 0. The van der Waals surface area contributed by atoms with Crippen LogP contribution in [0.25, 0.3) is 11.6 Å². The fourth-order valence-electron chi connectivity index (χ4n) is 2.72. The Morgan fingerprint density at radius 1 is 1.50 bits per heavy atom. The van der Waals surface area contributed by atoms with Crippen LogP contribution in [0.15, 0.2) is 27.3 Å². The van der Waals surface area contributed by atoms with Gasteiger partial charge in [0.1, 0.15) is 0 Å². The Balaban J connectivity index is 1.64. The molecule has 118 valence electrons. The Bertz CT molecular complexity index is 610. The number of nitrogens with one attached hydrogen (secondary N) is 1. The normalized spacial score (nSPS) is 19.2. The van der Waals surface area contributed by atoms with E-state index in [4.69, 9.17) is 14.7 Å². The minimum absolute atomic E-state index is 0.236. The molecule has 1 atom stereocenters. The first kappa shape index (κ1) is 14.6. The lowest BCUT2D eigenvalue weighted by Crippen LogP contribution is -2.47. The summed E-state index contributed by atoms with van der Waals surface area (Å²) in [4.78, 5) is 17.5. The summed E-state index contributed by atoms with van der Waals surface area (Å²) in [5.41, 5.74) is 5.15. The molecule has 0 spiro atoms. The summed E-state index contributed by atoms with van der Waals surface area (Å²) in [5, 5.41) is 6.60. The number of hydrogen-bond donors (Lipinski definition) is 2. The lowest BCUT2D eigenvalue weighted by molar-refractivity contribution is 0.123. The van der Waals surface area contributed by atoms with Gasteiger partial charge in [0.25, 0.3) is 0 Å². The summed E-state index contributed by atoms with van der Waals surface area (Å²) in [6.45, 7) is 2.02. The molecule has 2 aromatic heterocycles. The lowest BCUT2D eigenvalue weighted by Gasteiger charge is -2.34. The van der Waals surface area contributed by atoms with Crippen molar-refractivity contribution in [3.8, 4) is 11.6 Å². The summed E-state index contributed by atoms with van der Waals surface area (Å²) in [6, 6.07) is 3.31. The average Bonchev–Trinajstić information content (AvgIpc) is 3.17. The second-order valence-electron chi connectivity index (χ2n) is 5.35. The van der Waals surface area contributed by atoms with Gasteiger partial charge in [-0.05, 0) is 31.5 Å². The maximum atomic E-state index is 10.9. The number of carbonyl (C=O) groups excluding carboxylic acids is 1. The van der Waals surface area contributed by atoms with Crippen LogP contribution < -0.4 is 11.1 Å². The summed E-state index contributed by atoms with van der Waals surface area (Å²) in [7, 11) is 0. The second-order valence-corrected chi connectivity index (χ2v) is 5.35. The molecule has 0 aromatic carbocycles. The molecule has 1 aliphatic rings. The number of aromatic nitrogens is 2. The van der Waals surface area contributed by atoms with Crippen molar-refractivity contribution in [2.24, 2.45) is 5.73 Å². The maximum Gasteiger partial charge on any atom is 0.312 e. The minimum Gasteiger partial charge on any atom is -0.461 e. The summed E-state index contributed by atoms with van der Waals surface area (Å²) in [6.07, 6.45) is 4.84. The average molecular weight is 305 g/mol. The van der Waals surface area contributed by atoms with E-state index < -0.39 is 6.03 Å². The number of rotatable bonds is 5. The van der Waals surface area contributed by atoms with Crippen molar-refractivity contribution < 1.29 is 13.7 Å². The highest BCUT2D eigenvalue weighted by Crippen LogP contribution is 2.21. The number of urea groups is 1. The first-order valence-electron chi connectivity index (χ1n) is 7.36. The molecular formula is C14H19N5O3. The molecule has 3 rings (SSSR count). The van der Waals surface area contributed by atoms with Crippen LogP contribution in [0.5, 0.6) is 0 Å². The van der Waals surface area contributed by atoms with Crippen molar-refractivity contribution in [3.63, 3.8) is 0 Å². The number of hydrogen-bond acceptors (Lipinski definition) is 6. The summed E-state index contributed by atoms with van der Waals surface area (Å²) < 4.78 is 10.5. The topological polar surface area (TPSA) is 110 Å². The highest BCUT2D eigenvalue weighted by atomic mass is 16.5. The molecule has 1 aliphatic heterocycles. The highest BCUT2D eigenvalue weighted by molar-refractivity contribution is 5.71. The van der Waals surface area contributed by atoms with Gasteiger partial charge in [0, 0.05) is 12.6 Å². The third kappa shape index (κ3) is 3.45. The SMILES string of the molecule is NC(=O)NC[C@@H]1CCCCN1Cc1nc(-c2ccco2)no1. The molecule has 0 bridgehead atoms. The Hall–Kier alpha value is -2.35. The fraction of sp³-hybridized carbons (Fsp3) is 0.500. The van der Waals surface area contributed by atoms with Crippen LogP contribution in [0, 0.1) is 0 Å². The minimum atomic E-state index is -0.497. The first-order chi connectivity index (χ1) is 10.7.